The molecule has 4 nitrogen and oxygen atoms in total. The maximum Gasteiger partial charge on any atom is 0.354 e. The lowest BCUT2D eigenvalue weighted by Gasteiger charge is -2.36. The second kappa shape index (κ2) is 3.89. The molecule has 0 aromatic heterocycles. The quantitative estimate of drug-likeness (QED) is 0.595. The molecule has 0 aliphatic carbocycles. The van der Waals surface area contributed by atoms with E-state index in [1.807, 2.05) is 6.08 Å². The van der Waals surface area contributed by atoms with Crippen LogP contribution in [-0.2, 0) is 18.9 Å². The van der Waals surface area contributed by atoms with Gasteiger partial charge < -0.3 is 18.9 Å². The topological polar surface area (TPSA) is 36.9 Å². The number of methoxy groups -OCH3 is 3. The van der Waals surface area contributed by atoms with Crippen molar-refractivity contribution >= 4 is 0 Å². The first-order chi connectivity index (χ1) is 5.79. The third kappa shape index (κ3) is 1.46. The molecule has 0 aromatic rings. The Morgan fingerprint density at radius 3 is 2.42 bits per heavy atom. The number of hydrogen-bond acceptors (Lipinski definition) is 4. The van der Waals surface area contributed by atoms with Crippen LogP contribution >= 0.6 is 0 Å². The van der Waals surface area contributed by atoms with Gasteiger partial charge in [0.05, 0.1) is 6.26 Å². The van der Waals surface area contributed by atoms with E-state index in [9.17, 15) is 0 Å². The van der Waals surface area contributed by atoms with Gasteiger partial charge in [-0.1, -0.05) is 0 Å². The van der Waals surface area contributed by atoms with Gasteiger partial charge in [-0.15, -0.1) is 0 Å². The lowest BCUT2D eigenvalue weighted by atomic mass is 10.2. The lowest BCUT2D eigenvalue weighted by Crippen LogP contribution is -2.49. The summed E-state index contributed by atoms with van der Waals surface area (Å²) in [5.74, 6) is -1.08. The fraction of sp³-hybridized carbons (Fsp3) is 0.750. The van der Waals surface area contributed by atoms with E-state index in [0.29, 0.717) is 0 Å². The third-order valence-corrected chi connectivity index (χ3v) is 1.93. The number of rotatable bonds is 3. The van der Waals surface area contributed by atoms with Gasteiger partial charge >= 0.3 is 5.97 Å². The molecule has 0 amide bonds. The van der Waals surface area contributed by atoms with E-state index >= 15 is 0 Å². The molecule has 1 unspecified atom stereocenters. The highest BCUT2D eigenvalue weighted by atomic mass is 16.9. The Labute approximate surface area is 72.1 Å². The van der Waals surface area contributed by atoms with Crippen LogP contribution in [0.2, 0.25) is 0 Å². The highest BCUT2D eigenvalue weighted by Gasteiger charge is 2.43. The molecule has 0 bridgehead atoms. The van der Waals surface area contributed by atoms with Crippen molar-refractivity contribution < 1.29 is 18.9 Å². The SMILES string of the molecule is COC1CC=COC1(OC)OC. The van der Waals surface area contributed by atoms with Crippen molar-refractivity contribution in [1.29, 1.82) is 0 Å². The van der Waals surface area contributed by atoms with Gasteiger partial charge in [-0.25, -0.2) is 0 Å². The van der Waals surface area contributed by atoms with Crippen molar-refractivity contribution in [2.75, 3.05) is 21.3 Å². The molecule has 1 atom stereocenters. The third-order valence-electron chi connectivity index (χ3n) is 1.93. The Hall–Kier alpha value is -0.580. The predicted molar refractivity (Wildman–Crippen MR) is 42.4 cm³/mol. The maximum atomic E-state index is 5.22. The minimum atomic E-state index is -1.08. The molecule has 1 heterocycles. The second-order valence-corrected chi connectivity index (χ2v) is 2.46. The lowest BCUT2D eigenvalue weighted by molar-refractivity contribution is -0.385. The minimum absolute atomic E-state index is 0.225. The zero-order valence-electron chi connectivity index (χ0n) is 7.57. The second-order valence-electron chi connectivity index (χ2n) is 2.46. The van der Waals surface area contributed by atoms with Gasteiger partial charge in [-0.05, 0) is 6.08 Å². The average Bonchev–Trinajstić information content (AvgIpc) is 2.17. The molecule has 70 valence electrons. The van der Waals surface area contributed by atoms with Crippen molar-refractivity contribution in [3.05, 3.63) is 12.3 Å². The van der Waals surface area contributed by atoms with E-state index in [4.69, 9.17) is 18.9 Å². The Balaban J connectivity index is 2.75. The van der Waals surface area contributed by atoms with E-state index in [2.05, 4.69) is 0 Å². The molecule has 0 saturated carbocycles. The van der Waals surface area contributed by atoms with Crippen molar-refractivity contribution in [2.45, 2.75) is 18.5 Å². The van der Waals surface area contributed by atoms with E-state index in [0.717, 1.165) is 6.42 Å². The van der Waals surface area contributed by atoms with Crippen molar-refractivity contribution in [1.82, 2.24) is 0 Å². The van der Waals surface area contributed by atoms with Crippen LogP contribution in [0.1, 0.15) is 6.42 Å². The molecular weight excluding hydrogens is 160 g/mol. The van der Waals surface area contributed by atoms with Gasteiger partial charge in [0, 0.05) is 27.8 Å². The zero-order chi connectivity index (χ0) is 9.03. The summed E-state index contributed by atoms with van der Waals surface area (Å²) in [4.78, 5) is 0. The Morgan fingerprint density at radius 1 is 1.33 bits per heavy atom. The molecule has 0 aromatic carbocycles. The summed E-state index contributed by atoms with van der Waals surface area (Å²) in [6, 6.07) is 0. The molecule has 1 aliphatic rings. The molecule has 4 heteroatoms. The van der Waals surface area contributed by atoms with Crippen LogP contribution in [0.4, 0.5) is 0 Å². The van der Waals surface area contributed by atoms with E-state index in [1.54, 1.807) is 13.4 Å². The summed E-state index contributed by atoms with van der Waals surface area (Å²) in [7, 11) is 4.64. The summed E-state index contributed by atoms with van der Waals surface area (Å²) in [6.07, 6.45) is 3.92. The van der Waals surface area contributed by atoms with Crippen molar-refractivity contribution in [3.8, 4) is 0 Å². The van der Waals surface area contributed by atoms with Crippen LogP contribution in [0, 0.1) is 0 Å². The molecule has 1 rings (SSSR count). The van der Waals surface area contributed by atoms with Crippen LogP contribution in [0.25, 0.3) is 0 Å². The fourth-order valence-electron chi connectivity index (χ4n) is 1.23. The standard InChI is InChI=1S/C8H14O4/c1-9-7-5-4-6-12-8(7,10-2)11-3/h4,6-7H,5H2,1-3H3. The smallest absolute Gasteiger partial charge is 0.354 e. The van der Waals surface area contributed by atoms with E-state index in [-0.39, 0.29) is 6.10 Å². The number of ether oxygens (including phenoxy) is 4. The van der Waals surface area contributed by atoms with Crippen molar-refractivity contribution in [3.63, 3.8) is 0 Å². The first-order valence-corrected chi connectivity index (χ1v) is 3.75. The zero-order valence-corrected chi connectivity index (χ0v) is 7.57. The molecule has 0 N–H and O–H groups in total. The number of hydrogen-bond donors (Lipinski definition) is 0. The monoisotopic (exact) mass is 174 g/mol. The fourth-order valence-corrected chi connectivity index (χ4v) is 1.23. The average molecular weight is 174 g/mol. The van der Waals surface area contributed by atoms with Gasteiger partial charge in [0.2, 0.25) is 0 Å². The highest BCUT2D eigenvalue weighted by Crippen LogP contribution is 2.27. The maximum absolute atomic E-state index is 5.22. The molecule has 0 radical (unpaired) electrons. The summed E-state index contributed by atoms with van der Waals surface area (Å²) in [5, 5.41) is 0. The van der Waals surface area contributed by atoms with Gasteiger partial charge in [-0.3, -0.25) is 0 Å². The van der Waals surface area contributed by atoms with Crippen LogP contribution in [-0.4, -0.2) is 33.4 Å². The van der Waals surface area contributed by atoms with Gasteiger partial charge in [0.1, 0.15) is 0 Å². The van der Waals surface area contributed by atoms with Crippen LogP contribution in [0.15, 0.2) is 12.3 Å². The molecule has 0 saturated heterocycles. The molecular formula is C8H14O4. The van der Waals surface area contributed by atoms with Crippen LogP contribution in [0.3, 0.4) is 0 Å². The normalized spacial score (nSPS) is 26.8. The highest BCUT2D eigenvalue weighted by molar-refractivity contribution is 4.90. The summed E-state index contributed by atoms with van der Waals surface area (Å²) < 4.78 is 20.6. The largest absolute Gasteiger partial charge is 0.445 e. The first kappa shape index (κ1) is 9.51. The van der Waals surface area contributed by atoms with E-state index in [1.165, 1.54) is 14.2 Å². The van der Waals surface area contributed by atoms with Crippen molar-refractivity contribution in [2.24, 2.45) is 0 Å². The summed E-state index contributed by atoms with van der Waals surface area (Å²) >= 11 is 0. The van der Waals surface area contributed by atoms with Crippen LogP contribution in [0.5, 0.6) is 0 Å². The molecule has 1 aliphatic heterocycles. The summed E-state index contributed by atoms with van der Waals surface area (Å²) in [5.41, 5.74) is 0. The Bertz CT molecular complexity index is 162. The molecule has 0 fully saturated rings. The van der Waals surface area contributed by atoms with Gasteiger partial charge in [0.25, 0.3) is 0 Å². The summed E-state index contributed by atoms with van der Waals surface area (Å²) in [6.45, 7) is 0. The molecule has 12 heavy (non-hydrogen) atoms. The first-order valence-electron chi connectivity index (χ1n) is 3.75. The van der Waals surface area contributed by atoms with Crippen LogP contribution < -0.4 is 0 Å². The van der Waals surface area contributed by atoms with Gasteiger partial charge in [-0.2, -0.15) is 0 Å². The van der Waals surface area contributed by atoms with E-state index < -0.39 is 5.97 Å². The minimum Gasteiger partial charge on any atom is -0.445 e. The Kier molecular flexibility index (Phi) is 3.08. The predicted octanol–water partition coefficient (Wildman–Crippen LogP) is 0.882. The van der Waals surface area contributed by atoms with Gasteiger partial charge in [0.15, 0.2) is 6.10 Å². The molecule has 0 spiro atoms. The Morgan fingerprint density at radius 2 is 2.00 bits per heavy atom.